The summed E-state index contributed by atoms with van der Waals surface area (Å²) < 4.78 is 0. The third kappa shape index (κ3) is 4.93. The summed E-state index contributed by atoms with van der Waals surface area (Å²) in [5, 5.41) is 0. The van der Waals surface area contributed by atoms with Crippen LogP contribution in [0.3, 0.4) is 0 Å². The molecule has 0 amide bonds. The van der Waals surface area contributed by atoms with E-state index < -0.39 is 0 Å². The Balaban J connectivity index is 1.55. The van der Waals surface area contributed by atoms with E-state index in [1.54, 1.807) is 35.7 Å². The second kappa shape index (κ2) is 10.9. The van der Waals surface area contributed by atoms with Gasteiger partial charge in [0.05, 0.1) is 0 Å². The van der Waals surface area contributed by atoms with E-state index >= 15 is 0 Å². The van der Waals surface area contributed by atoms with Crippen molar-refractivity contribution in [2.45, 2.75) is 59.1 Å². The van der Waals surface area contributed by atoms with Crippen LogP contribution in [-0.2, 0) is 12.8 Å². The molecule has 36 heavy (non-hydrogen) atoms. The van der Waals surface area contributed by atoms with Crippen LogP contribution in [0.5, 0.6) is 0 Å². The maximum absolute atomic E-state index is 13.8. The van der Waals surface area contributed by atoms with E-state index in [0.29, 0.717) is 22.3 Å². The normalized spacial score (nSPS) is 12.4. The number of rotatable bonds is 8. The lowest BCUT2D eigenvalue weighted by Crippen LogP contribution is -2.22. The molecular formula is C32H28O2S2. The summed E-state index contributed by atoms with van der Waals surface area (Å²) in [5.41, 5.74) is 4.61. The van der Waals surface area contributed by atoms with E-state index in [4.69, 9.17) is 0 Å². The van der Waals surface area contributed by atoms with Crippen molar-refractivity contribution in [3.63, 3.8) is 0 Å². The minimum Gasteiger partial charge on any atom is -0.289 e. The molecule has 0 saturated heterocycles. The number of hydrogen-bond donors (Lipinski definition) is 0. The van der Waals surface area contributed by atoms with Crippen LogP contribution >= 0.6 is 23.5 Å². The second-order valence-electron chi connectivity index (χ2n) is 8.96. The lowest BCUT2D eigenvalue weighted by Gasteiger charge is -2.22. The molecule has 0 aromatic heterocycles. The van der Waals surface area contributed by atoms with Gasteiger partial charge < -0.3 is 0 Å². The van der Waals surface area contributed by atoms with Gasteiger partial charge in [0.1, 0.15) is 0 Å². The van der Waals surface area contributed by atoms with Crippen LogP contribution in [0.2, 0.25) is 0 Å². The first kappa shape index (κ1) is 24.6. The van der Waals surface area contributed by atoms with Crippen molar-refractivity contribution in [1.29, 1.82) is 0 Å². The van der Waals surface area contributed by atoms with Gasteiger partial charge in [-0.25, -0.2) is 0 Å². The van der Waals surface area contributed by atoms with Crippen LogP contribution in [-0.4, -0.2) is 11.6 Å². The topological polar surface area (TPSA) is 34.1 Å². The number of aryl methyl sites for hydroxylation is 2. The second-order valence-corrected chi connectivity index (χ2v) is 11.2. The zero-order valence-electron chi connectivity index (χ0n) is 20.5. The first-order valence-corrected chi connectivity index (χ1v) is 14.1. The number of ketones is 2. The fourth-order valence-electron chi connectivity index (χ4n) is 4.49. The van der Waals surface area contributed by atoms with Crippen LogP contribution in [0.15, 0.2) is 105 Å². The Morgan fingerprint density at radius 3 is 1.50 bits per heavy atom. The predicted octanol–water partition coefficient (Wildman–Crippen LogP) is 8.67. The molecule has 1 aliphatic rings. The first-order valence-electron chi connectivity index (χ1n) is 12.5. The van der Waals surface area contributed by atoms with Crippen LogP contribution in [0.1, 0.15) is 69.7 Å². The Hall–Kier alpha value is -3.08. The van der Waals surface area contributed by atoms with Crippen molar-refractivity contribution in [2.24, 2.45) is 0 Å². The van der Waals surface area contributed by atoms with Crippen molar-refractivity contribution in [1.82, 2.24) is 0 Å². The Morgan fingerprint density at radius 2 is 1.06 bits per heavy atom. The Bertz CT molecular complexity index is 1420. The fourth-order valence-corrected chi connectivity index (χ4v) is 6.40. The van der Waals surface area contributed by atoms with Crippen molar-refractivity contribution >= 4 is 35.1 Å². The summed E-state index contributed by atoms with van der Waals surface area (Å²) in [6.45, 7) is 4.33. The van der Waals surface area contributed by atoms with Gasteiger partial charge in [0.2, 0.25) is 0 Å². The SMILES string of the molecule is CCCCc1ccc(Sc2ccc(Sc3ccc(CC)cc3)c3c2C(=O)c2ccccc2C3=O)cc1. The lowest BCUT2D eigenvalue weighted by molar-refractivity contribution is 0.0974. The lowest BCUT2D eigenvalue weighted by atomic mass is 9.84. The average Bonchev–Trinajstić information content (AvgIpc) is 2.92. The van der Waals surface area contributed by atoms with Crippen LogP contribution < -0.4 is 0 Å². The van der Waals surface area contributed by atoms with E-state index in [1.807, 2.05) is 24.3 Å². The van der Waals surface area contributed by atoms with Gasteiger partial charge >= 0.3 is 0 Å². The van der Waals surface area contributed by atoms with E-state index in [1.165, 1.54) is 24.0 Å². The molecule has 2 nitrogen and oxygen atoms in total. The summed E-state index contributed by atoms with van der Waals surface area (Å²) in [7, 11) is 0. The van der Waals surface area contributed by atoms with Gasteiger partial charge in [0.25, 0.3) is 0 Å². The monoisotopic (exact) mass is 508 g/mol. The molecule has 4 aromatic carbocycles. The molecule has 0 unspecified atom stereocenters. The summed E-state index contributed by atoms with van der Waals surface area (Å²) in [4.78, 5) is 31.2. The highest BCUT2D eigenvalue weighted by Gasteiger charge is 2.34. The highest BCUT2D eigenvalue weighted by molar-refractivity contribution is 8.00. The average molecular weight is 509 g/mol. The zero-order chi connectivity index (χ0) is 25.1. The van der Waals surface area contributed by atoms with E-state index in [-0.39, 0.29) is 11.6 Å². The Morgan fingerprint density at radius 1 is 0.583 bits per heavy atom. The molecule has 0 spiro atoms. The number of benzene rings is 4. The fraction of sp³-hybridized carbons (Fsp3) is 0.188. The maximum Gasteiger partial charge on any atom is 0.195 e. The molecule has 0 fully saturated rings. The Labute approximate surface area is 221 Å². The van der Waals surface area contributed by atoms with Crippen molar-refractivity contribution in [3.8, 4) is 0 Å². The van der Waals surface area contributed by atoms with Gasteiger partial charge in [0.15, 0.2) is 11.6 Å². The number of carbonyl (C=O) groups is 2. The van der Waals surface area contributed by atoms with E-state index in [0.717, 1.165) is 32.4 Å². The van der Waals surface area contributed by atoms with E-state index in [9.17, 15) is 9.59 Å². The molecule has 0 bridgehead atoms. The molecule has 4 aromatic rings. The standard InChI is InChI=1S/C32H28O2S2/c1-3-5-8-22-13-17-24(18-14-22)36-28-20-19-27(35-23-15-11-21(4-2)12-16-23)29-30(28)32(34)26-10-7-6-9-25(26)31(29)33/h6-7,9-20H,3-5,8H2,1-2H3. The predicted molar refractivity (Wildman–Crippen MR) is 149 cm³/mol. The summed E-state index contributed by atoms with van der Waals surface area (Å²) in [6.07, 6.45) is 4.41. The highest BCUT2D eigenvalue weighted by atomic mass is 32.2. The molecular weight excluding hydrogens is 480 g/mol. The smallest absolute Gasteiger partial charge is 0.195 e. The zero-order valence-corrected chi connectivity index (χ0v) is 22.2. The number of unbranched alkanes of at least 4 members (excludes halogenated alkanes) is 1. The minimum absolute atomic E-state index is 0.0777. The van der Waals surface area contributed by atoms with Crippen molar-refractivity contribution in [3.05, 3.63) is 118 Å². The van der Waals surface area contributed by atoms with Crippen LogP contribution in [0, 0.1) is 0 Å². The maximum atomic E-state index is 13.8. The molecule has 0 heterocycles. The van der Waals surface area contributed by atoms with Crippen LogP contribution in [0.4, 0.5) is 0 Å². The molecule has 0 aliphatic heterocycles. The van der Waals surface area contributed by atoms with Crippen molar-refractivity contribution in [2.75, 3.05) is 0 Å². The molecule has 0 saturated carbocycles. The van der Waals surface area contributed by atoms with Crippen LogP contribution in [0.25, 0.3) is 0 Å². The first-order chi connectivity index (χ1) is 17.6. The number of carbonyl (C=O) groups excluding carboxylic acids is 2. The van der Waals surface area contributed by atoms with Gasteiger partial charge in [-0.15, -0.1) is 0 Å². The molecule has 180 valence electrons. The van der Waals surface area contributed by atoms with Gasteiger partial charge in [-0.05, 0) is 66.8 Å². The summed E-state index contributed by atoms with van der Waals surface area (Å²) in [6, 6.07) is 28.1. The molecule has 0 atom stereocenters. The summed E-state index contributed by atoms with van der Waals surface area (Å²) in [5.74, 6) is -0.156. The van der Waals surface area contributed by atoms with E-state index in [2.05, 4.69) is 62.4 Å². The highest BCUT2D eigenvalue weighted by Crippen LogP contribution is 2.43. The third-order valence-electron chi connectivity index (χ3n) is 6.53. The molecule has 0 N–H and O–H groups in total. The third-order valence-corrected chi connectivity index (χ3v) is 8.66. The largest absolute Gasteiger partial charge is 0.289 e. The number of fused-ring (bicyclic) bond motifs is 2. The van der Waals surface area contributed by atoms with Crippen molar-refractivity contribution < 1.29 is 9.59 Å². The quantitative estimate of drug-likeness (QED) is 0.210. The number of hydrogen-bond acceptors (Lipinski definition) is 4. The van der Waals surface area contributed by atoms with Gasteiger partial charge in [0, 0.05) is 41.8 Å². The minimum atomic E-state index is -0.0785. The van der Waals surface area contributed by atoms with Gasteiger partial charge in [-0.2, -0.15) is 0 Å². The molecule has 5 rings (SSSR count). The molecule has 0 radical (unpaired) electrons. The molecule has 4 heteroatoms. The molecule has 1 aliphatic carbocycles. The van der Waals surface area contributed by atoms with Gasteiger partial charge in [-0.3, -0.25) is 9.59 Å². The Kier molecular flexibility index (Phi) is 7.45. The van der Waals surface area contributed by atoms with Gasteiger partial charge in [-0.1, -0.05) is 92.3 Å². The summed E-state index contributed by atoms with van der Waals surface area (Å²) >= 11 is 3.10.